The third-order valence-electron chi connectivity index (χ3n) is 3.45. The maximum Gasteiger partial charge on any atom is 0.338 e. The van der Waals surface area contributed by atoms with E-state index in [2.05, 4.69) is 10.0 Å². The van der Waals surface area contributed by atoms with Gasteiger partial charge >= 0.3 is 5.97 Å². The van der Waals surface area contributed by atoms with Crippen LogP contribution >= 0.6 is 0 Å². The summed E-state index contributed by atoms with van der Waals surface area (Å²) in [5, 5.41) is 2.71. The van der Waals surface area contributed by atoms with E-state index in [0.29, 0.717) is 29.1 Å². The third-order valence-corrected chi connectivity index (χ3v) is 4.76. The van der Waals surface area contributed by atoms with Crippen LogP contribution in [0.2, 0.25) is 0 Å². The van der Waals surface area contributed by atoms with Crippen molar-refractivity contribution in [2.45, 2.75) is 13.8 Å². The number of nitrogens with one attached hydrogen (secondary N) is 2. The smallest absolute Gasteiger partial charge is 0.338 e. The highest BCUT2D eigenvalue weighted by atomic mass is 32.2. The Labute approximate surface area is 152 Å². The van der Waals surface area contributed by atoms with Crippen molar-refractivity contribution in [1.29, 1.82) is 0 Å². The molecule has 0 aromatic heterocycles. The highest BCUT2D eigenvalue weighted by Crippen LogP contribution is 2.15. The molecule has 2 aromatic carbocycles. The summed E-state index contributed by atoms with van der Waals surface area (Å²) in [6.45, 7) is 3.56. The van der Waals surface area contributed by atoms with E-state index in [0.717, 1.165) is 0 Å². The van der Waals surface area contributed by atoms with E-state index in [-0.39, 0.29) is 11.7 Å². The van der Waals surface area contributed by atoms with Crippen LogP contribution in [0.25, 0.3) is 0 Å². The summed E-state index contributed by atoms with van der Waals surface area (Å²) in [7, 11) is -3.36. The average Bonchev–Trinajstić information content (AvgIpc) is 2.63. The minimum Gasteiger partial charge on any atom is -0.462 e. The second kappa shape index (κ2) is 8.48. The predicted molar refractivity (Wildman–Crippen MR) is 99.9 cm³/mol. The molecular formula is C18H20N2O5S. The van der Waals surface area contributed by atoms with Crippen molar-refractivity contribution < 1.29 is 22.7 Å². The second-order valence-electron chi connectivity index (χ2n) is 5.33. The molecule has 0 bridgehead atoms. The lowest BCUT2D eigenvalue weighted by molar-refractivity contribution is 0.0526. The van der Waals surface area contributed by atoms with Crippen LogP contribution < -0.4 is 10.0 Å². The number of hydrogen-bond acceptors (Lipinski definition) is 5. The van der Waals surface area contributed by atoms with Gasteiger partial charge in [-0.15, -0.1) is 0 Å². The quantitative estimate of drug-likeness (QED) is 0.724. The monoisotopic (exact) mass is 376 g/mol. The molecule has 7 nitrogen and oxygen atoms in total. The molecule has 1 amide bonds. The summed E-state index contributed by atoms with van der Waals surface area (Å²) in [5.41, 5.74) is 1.69. The van der Waals surface area contributed by atoms with Crippen molar-refractivity contribution >= 4 is 33.3 Å². The van der Waals surface area contributed by atoms with Gasteiger partial charge in [-0.3, -0.25) is 9.52 Å². The molecule has 0 unspecified atom stereocenters. The number of amides is 1. The molecular weight excluding hydrogens is 356 g/mol. The van der Waals surface area contributed by atoms with Crippen LogP contribution in [0.15, 0.2) is 48.5 Å². The fourth-order valence-electron chi connectivity index (χ4n) is 2.05. The zero-order chi connectivity index (χ0) is 19.2. The molecule has 0 atom stereocenters. The van der Waals surface area contributed by atoms with Gasteiger partial charge in [-0.25, -0.2) is 13.2 Å². The van der Waals surface area contributed by atoms with E-state index >= 15 is 0 Å². The van der Waals surface area contributed by atoms with Crippen molar-refractivity contribution in [3.8, 4) is 0 Å². The Morgan fingerprint density at radius 1 is 0.885 bits per heavy atom. The van der Waals surface area contributed by atoms with Crippen LogP contribution in [0, 0.1) is 0 Å². The number of esters is 1. The Morgan fingerprint density at radius 3 is 1.96 bits per heavy atom. The molecule has 0 aliphatic carbocycles. The Balaban J connectivity index is 2.02. The Bertz CT molecular complexity index is 875. The molecule has 26 heavy (non-hydrogen) atoms. The van der Waals surface area contributed by atoms with Crippen LogP contribution in [0.3, 0.4) is 0 Å². The second-order valence-corrected chi connectivity index (χ2v) is 7.35. The molecule has 0 fully saturated rings. The predicted octanol–water partition coefficient (Wildman–Crippen LogP) is 2.88. The first-order valence-corrected chi connectivity index (χ1v) is 9.69. The number of benzene rings is 2. The van der Waals surface area contributed by atoms with Crippen LogP contribution in [0.5, 0.6) is 0 Å². The topological polar surface area (TPSA) is 102 Å². The summed E-state index contributed by atoms with van der Waals surface area (Å²) in [5.74, 6) is -0.800. The lowest BCUT2D eigenvalue weighted by Gasteiger charge is -2.08. The third kappa shape index (κ3) is 5.32. The Hall–Kier alpha value is -2.87. The van der Waals surface area contributed by atoms with Gasteiger partial charge in [0.2, 0.25) is 10.0 Å². The molecule has 0 aliphatic heterocycles. The standard InChI is InChI=1S/C18H20N2O5S/c1-3-25-18(22)14-7-9-15(10-8-14)19-17(21)13-5-11-16(12-6-13)20-26(23,24)4-2/h5-12,20H,3-4H2,1-2H3,(H,19,21). The maximum absolute atomic E-state index is 12.2. The lowest BCUT2D eigenvalue weighted by atomic mass is 10.1. The van der Waals surface area contributed by atoms with E-state index in [4.69, 9.17) is 4.74 Å². The molecule has 0 spiro atoms. The zero-order valence-corrected chi connectivity index (χ0v) is 15.3. The van der Waals surface area contributed by atoms with Gasteiger partial charge in [-0.05, 0) is 62.4 Å². The summed E-state index contributed by atoms with van der Waals surface area (Å²) >= 11 is 0. The van der Waals surface area contributed by atoms with Gasteiger partial charge in [0.25, 0.3) is 5.91 Å². The van der Waals surface area contributed by atoms with E-state index in [1.165, 1.54) is 31.2 Å². The molecule has 0 aliphatic rings. The molecule has 0 saturated heterocycles. The van der Waals surface area contributed by atoms with E-state index in [1.54, 1.807) is 31.2 Å². The van der Waals surface area contributed by atoms with Gasteiger partial charge in [-0.1, -0.05) is 0 Å². The van der Waals surface area contributed by atoms with Crippen molar-refractivity contribution in [2.24, 2.45) is 0 Å². The van der Waals surface area contributed by atoms with Crippen LogP contribution in [-0.4, -0.2) is 32.7 Å². The first kappa shape index (κ1) is 19.5. The van der Waals surface area contributed by atoms with Crippen molar-refractivity contribution in [3.05, 3.63) is 59.7 Å². The van der Waals surface area contributed by atoms with Crippen LogP contribution in [-0.2, 0) is 14.8 Å². The number of hydrogen-bond donors (Lipinski definition) is 2. The molecule has 0 heterocycles. The summed E-state index contributed by atoms with van der Waals surface area (Å²) in [6, 6.07) is 12.4. The SMILES string of the molecule is CCOC(=O)c1ccc(NC(=O)c2ccc(NS(=O)(=O)CC)cc2)cc1. The fourth-order valence-corrected chi connectivity index (χ4v) is 2.69. The van der Waals surface area contributed by atoms with E-state index in [1.807, 2.05) is 0 Å². The Morgan fingerprint density at radius 2 is 1.42 bits per heavy atom. The van der Waals surface area contributed by atoms with Crippen LogP contribution in [0.1, 0.15) is 34.6 Å². The first-order valence-electron chi connectivity index (χ1n) is 8.03. The van der Waals surface area contributed by atoms with Gasteiger partial charge in [0.05, 0.1) is 17.9 Å². The van der Waals surface area contributed by atoms with Gasteiger partial charge in [0.1, 0.15) is 0 Å². The minimum atomic E-state index is -3.36. The number of anilines is 2. The molecule has 138 valence electrons. The number of rotatable bonds is 7. The number of carbonyl (C=O) groups is 2. The molecule has 2 rings (SSSR count). The number of ether oxygens (including phenoxy) is 1. The number of sulfonamides is 1. The average molecular weight is 376 g/mol. The molecule has 2 aromatic rings. The van der Waals surface area contributed by atoms with Gasteiger partial charge < -0.3 is 10.1 Å². The van der Waals surface area contributed by atoms with Crippen molar-refractivity contribution in [1.82, 2.24) is 0 Å². The van der Waals surface area contributed by atoms with Crippen molar-refractivity contribution in [2.75, 3.05) is 22.4 Å². The van der Waals surface area contributed by atoms with Crippen LogP contribution in [0.4, 0.5) is 11.4 Å². The summed E-state index contributed by atoms with van der Waals surface area (Å²) < 4.78 is 30.3. The Kier molecular flexibility index (Phi) is 6.35. The number of carbonyl (C=O) groups excluding carboxylic acids is 2. The first-order chi connectivity index (χ1) is 12.3. The highest BCUT2D eigenvalue weighted by Gasteiger charge is 2.10. The van der Waals surface area contributed by atoms with Gasteiger partial charge in [0, 0.05) is 16.9 Å². The van der Waals surface area contributed by atoms with Crippen molar-refractivity contribution in [3.63, 3.8) is 0 Å². The maximum atomic E-state index is 12.2. The molecule has 0 saturated carbocycles. The molecule has 2 N–H and O–H groups in total. The van der Waals surface area contributed by atoms with Gasteiger partial charge in [-0.2, -0.15) is 0 Å². The van der Waals surface area contributed by atoms with Gasteiger partial charge in [0.15, 0.2) is 0 Å². The normalized spacial score (nSPS) is 10.8. The summed E-state index contributed by atoms with van der Waals surface area (Å²) in [6.07, 6.45) is 0. The lowest BCUT2D eigenvalue weighted by Crippen LogP contribution is -2.15. The highest BCUT2D eigenvalue weighted by molar-refractivity contribution is 7.92. The minimum absolute atomic E-state index is 0.0307. The van der Waals surface area contributed by atoms with E-state index in [9.17, 15) is 18.0 Å². The fraction of sp³-hybridized carbons (Fsp3) is 0.222. The van der Waals surface area contributed by atoms with E-state index < -0.39 is 16.0 Å². The zero-order valence-electron chi connectivity index (χ0n) is 14.5. The molecule has 8 heteroatoms. The largest absolute Gasteiger partial charge is 0.462 e. The molecule has 0 radical (unpaired) electrons. The summed E-state index contributed by atoms with van der Waals surface area (Å²) in [4.78, 5) is 23.8.